The Morgan fingerprint density at radius 2 is 2.36 bits per heavy atom. The molecule has 4 nitrogen and oxygen atoms in total. The molecular formula is C7H16N2O2. The molecule has 0 amide bonds. The van der Waals surface area contributed by atoms with E-state index < -0.39 is 6.41 Å². The first-order valence-electron chi connectivity index (χ1n) is 3.94. The zero-order valence-electron chi connectivity index (χ0n) is 7.03. The van der Waals surface area contributed by atoms with Crippen LogP contribution in [0.1, 0.15) is 13.8 Å². The van der Waals surface area contributed by atoms with E-state index in [-0.39, 0.29) is 6.10 Å². The van der Waals surface area contributed by atoms with Crippen LogP contribution in [-0.2, 0) is 4.74 Å². The molecule has 0 bridgehead atoms. The number of nitrogens with zero attached hydrogens (tertiary/aromatic N) is 1. The Balaban J connectivity index is 2.45. The molecule has 1 fully saturated rings. The topological polar surface area (TPSA) is 58.7 Å². The molecule has 11 heavy (non-hydrogen) atoms. The zero-order valence-corrected chi connectivity index (χ0v) is 7.03. The van der Waals surface area contributed by atoms with Crippen LogP contribution in [0.25, 0.3) is 0 Å². The van der Waals surface area contributed by atoms with Crippen molar-refractivity contribution in [3.8, 4) is 0 Å². The molecule has 1 heterocycles. The highest BCUT2D eigenvalue weighted by Gasteiger charge is 2.31. The van der Waals surface area contributed by atoms with Crippen molar-refractivity contribution in [1.82, 2.24) is 4.90 Å². The van der Waals surface area contributed by atoms with Crippen LogP contribution in [0.2, 0.25) is 0 Å². The lowest BCUT2D eigenvalue weighted by Crippen LogP contribution is -2.36. The molecule has 66 valence electrons. The fourth-order valence-electron chi connectivity index (χ4n) is 1.21. The molecule has 2 atom stereocenters. The average Bonchev–Trinajstić information content (AvgIpc) is 2.30. The molecule has 0 aromatic carbocycles. The van der Waals surface area contributed by atoms with E-state index in [1.807, 2.05) is 18.7 Å². The maximum absolute atomic E-state index is 9.31. The first kappa shape index (κ1) is 8.93. The zero-order chi connectivity index (χ0) is 8.43. The van der Waals surface area contributed by atoms with Gasteiger partial charge in [0.1, 0.15) is 0 Å². The van der Waals surface area contributed by atoms with E-state index in [4.69, 9.17) is 10.5 Å². The fraction of sp³-hybridized carbons (Fsp3) is 1.00. The predicted molar refractivity (Wildman–Crippen MR) is 41.8 cm³/mol. The molecular weight excluding hydrogens is 144 g/mol. The largest absolute Gasteiger partial charge is 0.356 e. The van der Waals surface area contributed by atoms with Gasteiger partial charge in [-0.2, -0.15) is 0 Å². The van der Waals surface area contributed by atoms with E-state index in [9.17, 15) is 5.11 Å². The normalized spacial score (nSPS) is 33.5. The molecule has 0 spiro atoms. The van der Waals surface area contributed by atoms with Crippen molar-refractivity contribution in [3.05, 3.63) is 0 Å². The molecule has 1 rings (SSSR count). The van der Waals surface area contributed by atoms with Crippen molar-refractivity contribution in [2.24, 2.45) is 5.73 Å². The van der Waals surface area contributed by atoms with Crippen molar-refractivity contribution >= 4 is 0 Å². The van der Waals surface area contributed by atoms with Crippen LogP contribution < -0.4 is 5.73 Å². The Hall–Kier alpha value is -0.160. The summed E-state index contributed by atoms with van der Waals surface area (Å²) in [4.78, 5) is 1.87. The number of nitrogens with two attached hydrogens (primary N) is 1. The van der Waals surface area contributed by atoms with E-state index >= 15 is 0 Å². The minimum atomic E-state index is -0.761. The summed E-state index contributed by atoms with van der Waals surface area (Å²) in [5.41, 5.74) is 5.40. The summed E-state index contributed by atoms with van der Waals surface area (Å²) in [6.07, 6.45) is -0.768. The van der Waals surface area contributed by atoms with Gasteiger partial charge >= 0.3 is 0 Å². The lowest BCUT2D eigenvalue weighted by Gasteiger charge is -2.21. The Morgan fingerprint density at radius 3 is 2.64 bits per heavy atom. The van der Waals surface area contributed by atoms with Crippen LogP contribution in [0.4, 0.5) is 0 Å². The van der Waals surface area contributed by atoms with E-state index in [1.54, 1.807) is 0 Å². The summed E-state index contributed by atoms with van der Waals surface area (Å²) < 4.78 is 5.14. The third-order valence-electron chi connectivity index (χ3n) is 1.94. The van der Waals surface area contributed by atoms with Gasteiger partial charge in [0.05, 0.1) is 6.10 Å². The van der Waals surface area contributed by atoms with E-state index in [0.717, 1.165) is 6.54 Å². The number of ether oxygens (including phenoxy) is 1. The van der Waals surface area contributed by atoms with Gasteiger partial charge in [-0.1, -0.05) is 0 Å². The quantitative estimate of drug-likeness (QED) is 0.562. The molecule has 1 aliphatic heterocycles. The molecule has 4 heteroatoms. The number of aliphatic hydroxyl groups is 1. The summed E-state index contributed by atoms with van der Waals surface area (Å²) in [5, 5.41) is 9.31. The molecule has 0 aliphatic carbocycles. The summed E-state index contributed by atoms with van der Waals surface area (Å²) in [5.74, 6) is 0. The minimum absolute atomic E-state index is 0.00704. The molecule has 1 saturated heterocycles. The second-order valence-electron chi connectivity index (χ2n) is 3.11. The second-order valence-corrected chi connectivity index (χ2v) is 3.11. The monoisotopic (exact) mass is 160 g/mol. The van der Waals surface area contributed by atoms with Gasteiger partial charge < -0.3 is 15.6 Å². The van der Waals surface area contributed by atoms with Gasteiger partial charge in [0.25, 0.3) is 0 Å². The van der Waals surface area contributed by atoms with Gasteiger partial charge in [-0.25, -0.2) is 0 Å². The SMILES string of the molecule is CC(C)N1C[C@@H](CN)OC1O. The first-order valence-corrected chi connectivity index (χ1v) is 3.94. The highest BCUT2D eigenvalue weighted by atomic mass is 16.6. The minimum Gasteiger partial charge on any atom is -0.356 e. The van der Waals surface area contributed by atoms with Crippen molar-refractivity contribution in [2.75, 3.05) is 13.1 Å². The fourth-order valence-corrected chi connectivity index (χ4v) is 1.21. The van der Waals surface area contributed by atoms with E-state index in [1.165, 1.54) is 0 Å². The molecule has 0 radical (unpaired) electrons. The van der Waals surface area contributed by atoms with Gasteiger partial charge in [0, 0.05) is 19.1 Å². The number of hydrogen-bond donors (Lipinski definition) is 2. The molecule has 1 aliphatic rings. The predicted octanol–water partition coefficient (Wildman–Crippen LogP) is -0.670. The molecule has 0 aromatic heterocycles. The van der Waals surface area contributed by atoms with Crippen LogP contribution in [0.5, 0.6) is 0 Å². The van der Waals surface area contributed by atoms with Crippen LogP contribution in [0, 0.1) is 0 Å². The lowest BCUT2D eigenvalue weighted by molar-refractivity contribution is -0.155. The number of hydrogen-bond acceptors (Lipinski definition) is 4. The van der Waals surface area contributed by atoms with Crippen molar-refractivity contribution in [3.63, 3.8) is 0 Å². The van der Waals surface area contributed by atoms with E-state index in [2.05, 4.69) is 0 Å². The Labute approximate surface area is 66.9 Å². The Bertz CT molecular complexity index is 130. The van der Waals surface area contributed by atoms with Gasteiger partial charge in [-0.3, -0.25) is 4.90 Å². The molecule has 0 saturated carbocycles. The summed E-state index contributed by atoms with van der Waals surface area (Å²) in [6, 6.07) is 0.307. The van der Waals surface area contributed by atoms with Gasteiger partial charge in [-0.15, -0.1) is 0 Å². The highest BCUT2D eigenvalue weighted by molar-refractivity contribution is 4.75. The molecule has 3 N–H and O–H groups in total. The van der Waals surface area contributed by atoms with Crippen LogP contribution in [0.3, 0.4) is 0 Å². The van der Waals surface area contributed by atoms with Crippen LogP contribution >= 0.6 is 0 Å². The van der Waals surface area contributed by atoms with Crippen molar-refractivity contribution in [2.45, 2.75) is 32.4 Å². The Morgan fingerprint density at radius 1 is 1.73 bits per heavy atom. The average molecular weight is 160 g/mol. The van der Waals surface area contributed by atoms with Gasteiger partial charge in [-0.05, 0) is 13.8 Å². The standard InChI is InChI=1S/C7H16N2O2/c1-5(2)9-4-6(3-8)11-7(9)10/h5-7,10H,3-4,8H2,1-2H3/t6-,7?/m1/s1. The van der Waals surface area contributed by atoms with Gasteiger partial charge in [0.2, 0.25) is 6.41 Å². The lowest BCUT2D eigenvalue weighted by atomic mass is 10.3. The van der Waals surface area contributed by atoms with Crippen molar-refractivity contribution < 1.29 is 9.84 Å². The van der Waals surface area contributed by atoms with E-state index in [0.29, 0.717) is 12.6 Å². The summed E-state index contributed by atoms with van der Waals surface area (Å²) >= 11 is 0. The smallest absolute Gasteiger partial charge is 0.216 e. The summed E-state index contributed by atoms with van der Waals surface area (Å²) in [6.45, 7) is 5.24. The van der Waals surface area contributed by atoms with Gasteiger partial charge in [0.15, 0.2) is 0 Å². The first-order chi connectivity index (χ1) is 5.15. The maximum atomic E-state index is 9.31. The Kier molecular flexibility index (Phi) is 2.84. The second kappa shape index (κ2) is 3.49. The maximum Gasteiger partial charge on any atom is 0.216 e. The molecule has 0 aromatic rings. The highest BCUT2D eigenvalue weighted by Crippen LogP contribution is 2.15. The van der Waals surface area contributed by atoms with Crippen LogP contribution in [0.15, 0.2) is 0 Å². The number of aliphatic hydroxyl groups excluding tert-OH is 1. The third-order valence-corrected chi connectivity index (χ3v) is 1.94. The van der Waals surface area contributed by atoms with Crippen LogP contribution in [-0.4, -0.2) is 41.7 Å². The number of rotatable bonds is 2. The summed E-state index contributed by atoms with van der Waals surface area (Å²) in [7, 11) is 0. The molecule has 1 unspecified atom stereocenters. The third kappa shape index (κ3) is 1.90. The van der Waals surface area contributed by atoms with Crippen molar-refractivity contribution in [1.29, 1.82) is 0 Å².